The molecule has 0 heterocycles. The van der Waals surface area contributed by atoms with Gasteiger partial charge in [-0.1, -0.05) is 6.07 Å². The minimum absolute atomic E-state index is 0.278. The number of halogens is 3. The summed E-state index contributed by atoms with van der Waals surface area (Å²) in [7, 11) is -3.20. The number of alkyl halides is 3. The highest BCUT2D eigenvalue weighted by atomic mass is 32.2. The first-order valence-electron chi connectivity index (χ1n) is 7.54. The van der Waals surface area contributed by atoms with E-state index >= 15 is 0 Å². The van der Waals surface area contributed by atoms with Crippen LogP contribution in [0.1, 0.15) is 12.0 Å². The number of methoxy groups -OCH3 is 1. The van der Waals surface area contributed by atoms with E-state index in [4.69, 9.17) is 0 Å². The molecule has 0 radical (unpaired) electrons. The Kier molecular flexibility index (Phi) is 8.57. The summed E-state index contributed by atoms with van der Waals surface area (Å²) in [5.74, 6) is -0.948. The molecule has 1 aromatic rings. The van der Waals surface area contributed by atoms with Crippen molar-refractivity contribution in [2.24, 2.45) is 0 Å². The summed E-state index contributed by atoms with van der Waals surface area (Å²) in [6.07, 6.45) is -2.62. The molecule has 0 bridgehead atoms. The van der Waals surface area contributed by atoms with Crippen LogP contribution in [0.3, 0.4) is 0 Å². The molecular weight excluding hydrogens is 409 g/mol. The van der Waals surface area contributed by atoms with Crippen LogP contribution in [0.2, 0.25) is 0 Å². The lowest BCUT2D eigenvalue weighted by molar-refractivity contribution is -0.145. The van der Waals surface area contributed by atoms with Crippen LogP contribution in [0, 0.1) is 0 Å². The van der Waals surface area contributed by atoms with E-state index in [2.05, 4.69) is 10.1 Å². The van der Waals surface area contributed by atoms with Crippen molar-refractivity contribution < 1.29 is 35.9 Å². The lowest BCUT2D eigenvalue weighted by Crippen LogP contribution is -2.46. The lowest BCUT2D eigenvalue weighted by Gasteiger charge is -2.16. The van der Waals surface area contributed by atoms with E-state index in [0.717, 1.165) is 25.3 Å². The molecule has 1 rings (SSSR count). The monoisotopic (exact) mass is 428 g/mol. The van der Waals surface area contributed by atoms with Gasteiger partial charge in [-0.05, 0) is 36.6 Å². The van der Waals surface area contributed by atoms with Gasteiger partial charge in [-0.15, -0.1) is 0 Å². The maximum absolute atomic E-state index is 12.7. The summed E-state index contributed by atoms with van der Waals surface area (Å²) in [4.78, 5) is 22.9. The number of amides is 1. The molecule has 1 aromatic carbocycles. The average Bonchev–Trinajstić information content (AvgIpc) is 2.62. The Morgan fingerprint density at radius 2 is 1.96 bits per heavy atom. The van der Waals surface area contributed by atoms with E-state index in [1.54, 1.807) is 6.26 Å². The molecule has 152 valence electrons. The largest absolute Gasteiger partial charge is 0.467 e. The van der Waals surface area contributed by atoms with Crippen molar-refractivity contribution in [3.05, 3.63) is 29.8 Å². The van der Waals surface area contributed by atoms with E-state index in [9.17, 15) is 31.2 Å². The number of hydrogen-bond donors (Lipinski definition) is 2. The molecule has 12 heteroatoms. The Morgan fingerprint density at radius 1 is 1.30 bits per heavy atom. The quantitative estimate of drug-likeness (QED) is 0.577. The molecule has 0 spiro atoms. The van der Waals surface area contributed by atoms with Crippen molar-refractivity contribution in [3.8, 4) is 0 Å². The molecule has 1 amide bonds. The average molecular weight is 428 g/mol. The van der Waals surface area contributed by atoms with Gasteiger partial charge in [0.05, 0.1) is 24.1 Å². The normalized spacial score (nSPS) is 13.1. The molecule has 1 atom stereocenters. The number of esters is 1. The van der Waals surface area contributed by atoms with E-state index in [0.29, 0.717) is 11.8 Å². The van der Waals surface area contributed by atoms with Gasteiger partial charge in [0.2, 0.25) is 15.9 Å². The fourth-order valence-corrected chi connectivity index (χ4v) is 3.45. The Morgan fingerprint density at radius 3 is 2.52 bits per heavy atom. The van der Waals surface area contributed by atoms with Crippen molar-refractivity contribution in [3.63, 3.8) is 0 Å². The molecular formula is C15H19F3N2O5S2. The number of carbonyl (C=O) groups excluding carboxylic acids is 2. The minimum Gasteiger partial charge on any atom is -0.467 e. The zero-order chi connectivity index (χ0) is 20.7. The predicted octanol–water partition coefficient (Wildman–Crippen LogP) is 1.39. The molecule has 0 unspecified atom stereocenters. The Labute approximate surface area is 159 Å². The first kappa shape index (κ1) is 23.2. The summed E-state index contributed by atoms with van der Waals surface area (Å²) in [6.45, 7) is -0.745. The third-order valence-electron chi connectivity index (χ3n) is 3.33. The van der Waals surface area contributed by atoms with Crippen molar-refractivity contribution in [2.45, 2.75) is 23.5 Å². The highest BCUT2D eigenvalue weighted by Crippen LogP contribution is 2.30. The fourth-order valence-electron chi connectivity index (χ4n) is 1.96. The third kappa shape index (κ3) is 7.39. The molecule has 0 aliphatic rings. The van der Waals surface area contributed by atoms with E-state index in [-0.39, 0.29) is 6.42 Å². The summed E-state index contributed by atoms with van der Waals surface area (Å²) < 4.78 is 68.8. The number of carbonyl (C=O) groups is 2. The zero-order valence-electron chi connectivity index (χ0n) is 14.5. The van der Waals surface area contributed by atoms with Crippen LogP contribution >= 0.6 is 11.8 Å². The molecule has 0 aliphatic heterocycles. The van der Waals surface area contributed by atoms with E-state index < -0.39 is 51.1 Å². The zero-order valence-corrected chi connectivity index (χ0v) is 16.1. The summed E-state index contributed by atoms with van der Waals surface area (Å²) >= 11 is 1.44. The molecule has 7 nitrogen and oxygen atoms in total. The van der Waals surface area contributed by atoms with Crippen LogP contribution in [0.15, 0.2) is 29.2 Å². The van der Waals surface area contributed by atoms with Gasteiger partial charge in [-0.2, -0.15) is 24.9 Å². The molecule has 0 aliphatic carbocycles. The highest BCUT2D eigenvalue weighted by molar-refractivity contribution is 7.98. The van der Waals surface area contributed by atoms with Crippen molar-refractivity contribution >= 4 is 33.7 Å². The van der Waals surface area contributed by atoms with Crippen molar-refractivity contribution in [1.29, 1.82) is 0 Å². The molecule has 0 fully saturated rings. The van der Waals surface area contributed by atoms with Gasteiger partial charge in [0.25, 0.3) is 0 Å². The highest BCUT2D eigenvalue weighted by Gasteiger charge is 2.31. The summed E-state index contributed by atoms with van der Waals surface area (Å²) in [6, 6.07) is 2.18. The van der Waals surface area contributed by atoms with Crippen LogP contribution < -0.4 is 10.0 Å². The SMILES string of the molecule is COC(=O)[C@H](CCSC)NC(=O)CNS(=O)(=O)c1cccc(C(F)(F)F)c1. The maximum atomic E-state index is 12.7. The smallest absolute Gasteiger partial charge is 0.416 e. The van der Waals surface area contributed by atoms with Gasteiger partial charge < -0.3 is 10.1 Å². The van der Waals surface area contributed by atoms with Gasteiger partial charge in [0, 0.05) is 0 Å². The van der Waals surface area contributed by atoms with Crippen LogP contribution in [0.4, 0.5) is 13.2 Å². The van der Waals surface area contributed by atoms with Gasteiger partial charge in [0.15, 0.2) is 0 Å². The Hall–Kier alpha value is -1.79. The second kappa shape index (κ2) is 9.95. The van der Waals surface area contributed by atoms with Crippen LogP contribution in [-0.4, -0.2) is 52.0 Å². The van der Waals surface area contributed by atoms with Crippen LogP contribution in [0.5, 0.6) is 0 Å². The number of hydrogen-bond acceptors (Lipinski definition) is 6. The maximum Gasteiger partial charge on any atom is 0.416 e. The fraction of sp³-hybridized carbons (Fsp3) is 0.467. The predicted molar refractivity (Wildman–Crippen MR) is 93.6 cm³/mol. The number of benzene rings is 1. The standard InChI is InChI=1S/C15H19F3N2O5S2/c1-25-14(22)12(6-7-26-2)20-13(21)9-19-27(23,24)11-5-3-4-10(8-11)15(16,17)18/h3-5,8,12,19H,6-7,9H2,1-2H3,(H,20,21)/t12-/m0/s1. The molecule has 0 saturated carbocycles. The van der Waals surface area contributed by atoms with E-state index in [1.807, 2.05) is 4.72 Å². The van der Waals surface area contributed by atoms with Gasteiger partial charge >= 0.3 is 12.1 Å². The first-order valence-corrected chi connectivity index (χ1v) is 10.4. The second-order valence-corrected chi connectivity index (χ2v) is 8.03. The number of ether oxygens (including phenoxy) is 1. The summed E-state index contributed by atoms with van der Waals surface area (Å²) in [5.41, 5.74) is -1.13. The molecule has 0 aromatic heterocycles. The number of rotatable bonds is 9. The number of sulfonamides is 1. The van der Waals surface area contributed by atoms with Crippen molar-refractivity contribution in [2.75, 3.05) is 25.7 Å². The molecule has 0 saturated heterocycles. The lowest BCUT2D eigenvalue weighted by atomic mass is 10.2. The van der Waals surface area contributed by atoms with E-state index in [1.165, 1.54) is 11.8 Å². The third-order valence-corrected chi connectivity index (χ3v) is 5.37. The Balaban J connectivity index is 2.78. The Bertz CT molecular complexity index is 769. The number of nitrogens with one attached hydrogen (secondary N) is 2. The minimum atomic E-state index is -4.70. The number of thioether (sulfide) groups is 1. The second-order valence-electron chi connectivity index (χ2n) is 5.27. The molecule has 27 heavy (non-hydrogen) atoms. The van der Waals surface area contributed by atoms with Crippen LogP contribution in [-0.2, 0) is 30.5 Å². The van der Waals surface area contributed by atoms with Gasteiger partial charge in [-0.25, -0.2) is 17.9 Å². The summed E-state index contributed by atoms with van der Waals surface area (Å²) in [5, 5.41) is 2.33. The van der Waals surface area contributed by atoms with Crippen molar-refractivity contribution in [1.82, 2.24) is 10.0 Å². The molecule has 2 N–H and O–H groups in total. The topological polar surface area (TPSA) is 102 Å². The van der Waals surface area contributed by atoms with Gasteiger partial charge in [0.1, 0.15) is 6.04 Å². The van der Waals surface area contributed by atoms with Gasteiger partial charge in [-0.3, -0.25) is 4.79 Å². The first-order chi connectivity index (χ1) is 12.5. The van der Waals surface area contributed by atoms with Crippen LogP contribution in [0.25, 0.3) is 0 Å².